The van der Waals surface area contributed by atoms with Crippen LogP contribution in [0.4, 0.5) is 17.1 Å². The highest BCUT2D eigenvalue weighted by Gasteiger charge is 2.46. The van der Waals surface area contributed by atoms with E-state index in [1.54, 1.807) is 0 Å². The van der Waals surface area contributed by atoms with Crippen LogP contribution in [0.3, 0.4) is 0 Å². The summed E-state index contributed by atoms with van der Waals surface area (Å²) >= 11 is 0. The quantitative estimate of drug-likeness (QED) is 0.151. The number of hydrogen-bond acceptors (Lipinski definition) is 2. The third-order valence-corrected chi connectivity index (χ3v) is 13.9. The molecule has 0 aliphatic heterocycles. The first-order chi connectivity index (χ1) is 33.2. The van der Waals surface area contributed by atoms with E-state index in [2.05, 4.69) is 266 Å². The zero-order valence-corrected chi connectivity index (χ0v) is 36.7. The van der Waals surface area contributed by atoms with Crippen LogP contribution in [0.25, 0.3) is 77.2 Å². The van der Waals surface area contributed by atoms with Crippen molar-refractivity contribution < 1.29 is 4.42 Å². The lowest BCUT2D eigenvalue weighted by Crippen LogP contribution is -2.28. The number of benzene rings is 11. The smallest absolute Gasteiger partial charge is 0.159 e. The second-order valence-corrected chi connectivity index (χ2v) is 17.6. The number of nitrogens with zero attached hydrogens (tertiary/aromatic N) is 1. The Balaban J connectivity index is 1.06. The Morgan fingerprint density at radius 3 is 1.49 bits per heavy atom. The maximum absolute atomic E-state index is 7.39. The second-order valence-electron chi connectivity index (χ2n) is 17.6. The molecule has 0 fully saturated rings. The fraction of sp³-hybridized carbons (Fsp3) is 0.0154. The number of furan rings is 1. The molecule has 1 aliphatic rings. The molecule has 2 nitrogen and oxygen atoms in total. The molecule has 11 aromatic carbocycles. The minimum absolute atomic E-state index is 0.552. The van der Waals surface area contributed by atoms with Gasteiger partial charge in [0.1, 0.15) is 5.58 Å². The monoisotopic (exact) mass is 853 g/mol. The van der Waals surface area contributed by atoms with Crippen LogP contribution in [0.15, 0.2) is 265 Å². The van der Waals surface area contributed by atoms with E-state index in [1.165, 1.54) is 55.5 Å². The van der Waals surface area contributed by atoms with Gasteiger partial charge < -0.3 is 9.32 Å². The summed E-state index contributed by atoms with van der Waals surface area (Å²) in [6.45, 7) is 0. The summed E-state index contributed by atoms with van der Waals surface area (Å²) in [6, 6.07) is 94.8. The molecule has 67 heavy (non-hydrogen) atoms. The molecule has 0 unspecified atom stereocenters. The van der Waals surface area contributed by atoms with Gasteiger partial charge in [-0.3, -0.25) is 0 Å². The molecule has 0 amide bonds. The van der Waals surface area contributed by atoms with Gasteiger partial charge in [0, 0.05) is 27.7 Å². The summed E-state index contributed by atoms with van der Waals surface area (Å²) in [6.07, 6.45) is 0. The number of rotatable bonds is 8. The van der Waals surface area contributed by atoms with Crippen LogP contribution in [0.5, 0.6) is 0 Å². The lowest BCUT2D eigenvalue weighted by molar-refractivity contribution is 0.670. The number of anilines is 3. The lowest BCUT2D eigenvalue weighted by Gasteiger charge is -2.35. The van der Waals surface area contributed by atoms with Crippen LogP contribution in [-0.2, 0) is 5.41 Å². The highest BCUT2D eigenvalue weighted by Crippen LogP contribution is 2.57. The van der Waals surface area contributed by atoms with E-state index in [1.807, 2.05) is 0 Å². The molecule has 0 saturated carbocycles. The largest absolute Gasteiger partial charge is 0.453 e. The van der Waals surface area contributed by atoms with Gasteiger partial charge in [0.15, 0.2) is 5.58 Å². The van der Waals surface area contributed by atoms with Crippen molar-refractivity contribution in [1.82, 2.24) is 0 Å². The predicted molar refractivity (Wildman–Crippen MR) is 280 cm³/mol. The fourth-order valence-corrected chi connectivity index (χ4v) is 10.9. The summed E-state index contributed by atoms with van der Waals surface area (Å²) in [7, 11) is 0. The summed E-state index contributed by atoms with van der Waals surface area (Å²) < 4.78 is 7.39. The van der Waals surface area contributed by atoms with Gasteiger partial charge in [0.25, 0.3) is 0 Å². The first-order valence-corrected chi connectivity index (χ1v) is 23.1. The van der Waals surface area contributed by atoms with Crippen molar-refractivity contribution in [3.8, 4) is 44.5 Å². The van der Waals surface area contributed by atoms with E-state index >= 15 is 0 Å². The Labute approximate surface area is 390 Å². The average Bonchev–Trinajstić information content (AvgIpc) is 3.93. The number of fused-ring (bicyclic) bond motifs is 7. The Bertz CT molecular complexity index is 3720. The fourth-order valence-electron chi connectivity index (χ4n) is 10.9. The molecule has 314 valence electrons. The molecule has 0 spiro atoms. The van der Waals surface area contributed by atoms with Gasteiger partial charge in [-0.05, 0) is 108 Å². The van der Waals surface area contributed by atoms with Crippen LogP contribution in [0.2, 0.25) is 0 Å². The summed E-state index contributed by atoms with van der Waals surface area (Å²) in [5.74, 6) is 0. The molecule has 13 rings (SSSR count). The molecule has 1 aliphatic carbocycles. The third-order valence-electron chi connectivity index (χ3n) is 13.9. The molecule has 1 aromatic heterocycles. The van der Waals surface area contributed by atoms with Crippen LogP contribution in [0, 0.1) is 0 Å². The van der Waals surface area contributed by atoms with Crippen molar-refractivity contribution >= 4 is 49.8 Å². The Hall–Kier alpha value is -8.72. The molecule has 0 atom stereocenters. The first-order valence-electron chi connectivity index (χ1n) is 23.1. The van der Waals surface area contributed by atoms with E-state index in [0.717, 1.165) is 61.1 Å². The van der Waals surface area contributed by atoms with Crippen LogP contribution >= 0.6 is 0 Å². The summed E-state index contributed by atoms with van der Waals surface area (Å²) in [5.41, 5.74) is 18.7. The maximum atomic E-state index is 7.39. The van der Waals surface area contributed by atoms with Gasteiger partial charge >= 0.3 is 0 Å². The molecular weight excluding hydrogens is 811 g/mol. The zero-order valence-electron chi connectivity index (χ0n) is 36.7. The summed E-state index contributed by atoms with van der Waals surface area (Å²) in [4.78, 5) is 2.40. The molecule has 2 heteroatoms. The normalized spacial score (nSPS) is 12.6. The van der Waals surface area contributed by atoms with E-state index in [0.29, 0.717) is 0 Å². The molecule has 0 saturated heterocycles. The maximum Gasteiger partial charge on any atom is 0.159 e. The van der Waals surface area contributed by atoms with E-state index in [4.69, 9.17) is 4.42 Å². The van der Waals surface area contributed by atoms with Gasteiger partial charge in [-0.1, -0.05) is 224 Å². The SMILES string of the molecule is c1ccc(-c2ccc(-c3c4ccccc4cc4c3oc3c(N(c5ccc(-c6ccccc6)cc5)c5ccc6c(c5)C(c5ccccc5)(c5ccccc5)c5ccccc5-6)cccc34)cc2)cc1. The molecule has 0 N–H and O–H groups in total. The van der Waals surface area contributed by atoms with Gasteiger partial charge in [-0.25, -0.2) is 0 Å². The number of para-hydroxylation sites is 1. The molecule has 0 bridgehead atoms. The van der Waals surface area contributed by atoms with E-state index < -0.39 is 5.41 Å². The third kappa shape index (κ3) is 6.18. The average molecular weight is 854 g/mol. The Kier molecular flexibility index (Phi) is 9.11. The molecule has 0 radical (unpaired) electrons. The number of hydrogen-bond donors (Lipinski definition) is 0. The predicted octanol–water partition coefficient (Wildman–Crippen LogP) is 17.6. The van der Waals surface area contributed by atoms with Gasteiger partial charge in [0.05, 0.1) is 11.1 Å². The minimum Gasteiger partial charge on any atom is -0.453 e. The van der Waals surface area contributed by atoms with Gasteiger partial charge in [-0.15, -0.1) is 0 Å². The van der Waals surface area contributed by atoms with Gasteiger partial charge in [-0.2, -0.15) is 0 Å². The highest BCUT2D eigenvalue weighted by molar-refractivity contribution is 6.20. The van der Waals surface area contributed by atoms with Gasteiger partial charge in [0.2, 0.25) is 0 Å². The Morgan fingerprint density at radius 1 is 0.313 bits per heavy atom. The second kappa shape index (κ2) is 15.8. The van der Waals surface area contributed by atoms with Crippen molar-refractivity contribution in [1.29, 1.82) is 0 Å². The van der Waals surface area contributed by atoms with Crippen molar-refractivity contribution in [3.05, 3.63) is 283 Å². The first kappa shape index (κ1) is 38.7. The van der Waals surface area contributed by atoms with Crippen LogP contribution < -0.4 is 4.90 Å². The molecule has 1 heterocycles. The zero-order chi connectivity index (χ0) is 44.3. The minimum atomic E-state index is -0.552. The van der Waals surface area contributed by atoms with E-state index in [-0.39, 0.29) is 0 Å². The standard InChI is InChI=1S/C65H43NO/c1-5-18-44(19-6-1)46-32-34-48(35-33-46)62-54-27-14-13-22-49(54)42-58-57-29-17-31-61(63(57)67-64(58)62)66(52-38-36-47(37-39-52)45-20-7-2-8-21-45)53-40-41-56-55-28-15-16-30-59(55)65(60(56)43-53,50-23-9-3-10-24-50)51-25-11-4-12-26-51/h1-43H. The molecule has 12 aromatic rings. The highest BCUT2D eigenvalue weighted by atomic mass is 16.3. The van der Waals surface area contributed by atoms with Crippen molar-refractivity contribution in [2.75, 3.05) is 4.90 Å². The van der Waals surface area contributed by atoms with Crippen molar-refractivity contribution in [2.24, 2.45) is 0 Å². The van der Waals surface area contributed by atoms with Crippen molar-refractivity contribution in [3.63, 3.8) is 0 Å². The van der Waals surface area contributed by atoms with Crippen LogP contribution in [0.1, 0.15) is 22.3 Å². The topological polar surface area (TPSA) is 16.4 Å². The molecular formula is C65H43NO. The van der Waals surface area contributed by atoms with Crippen LogP contribution in [-0.4, -0.2) is 0 Å². The van der Waals surface area contributed by atoms with E-state index in [9.17, 15) is 0 Å². The Morgan fingerprint density at radius 2 is 0.821 bits per heavy atom. The van der Waals surface area contributed by atoms with Crippen molar-refractivity contribution in [2.45, 2.75) is 5.41 Å². The lowest BCUT2D eigenvalue weighted by atomic mass is 9.67. The summed E-state index contributed by atoms with van der Waals surface area (Å²) in [5, 5.41) is 4.50.